The van der Waals surface area contributed by atoms with E-state index in [1.807, 2.05) is 19.1 Å². The van der Waals surface area contributed by atoms with Gasteiger partial charge < -0.3 is 4.74 Å². The van der Waals surface area contributed by atoms with Crippen LogP contribution >= 0.6 is 0 Å². The summed E-state index contributed by atoms with van der Waals surface area (Å²) in [5, 5.41) is 14.6. The molecule has 0 bridgehead atoms. The summed E-state index contributed by atoms with van der Waals surface area (Å²) in [6, 6.07) is 9.26. The van der Waals surface area contributed by atoms with Gasteiger partial charge in [0.1, 0.15) is 5.75 Å². The summed E-state index contributed by atoms with van der Waals surface area (Å²) in [6.45, 7) is 6.08. The first-order chi connectivity index (χ1) is 12.3. The number of carbonyl (C=O) groups excluding carboxylic acids is 1. The molecular formula is C19H21N3O4. The van der Waals surface area contributed by atoms with Gasteiger partial charge in [-0.1, -0.05) is 13.8 Å². The summed E-state index contributed by atoms with van der Waals surface area (Å²) in [5.41, 5.74) is 5.56. The Morgan fingerprint density at radius 2 is 1.92 bits per heavy atom. The van der Waals surface area contributed by atoms with E-state index in [9.17, 15) is 14.9 Å². The molecule has 0 aliphatic rings. The van der Waals surface area contributed by atoms with Crippen LogP contribution in [0.15, 0.2) is 41.5 Å². The molecule has 0 saturated heterocycles. The first-order valence-corrected chi connectivity index (χ1v) is 8.10. The molecule has 0 spiro atoms. The third kappa shape index (κ3) is 4.44. The monoisotopic (exact) mass is 355 g/mol. The Balaban J connectivity index is 2.13. The Labute approximate surface area is 151 Å². The number of benzene rings is 2. The van der Waals surface area contributed by atoms with Crippen LogP contribution in [0.4, 0.5) is 5.69 Å². The number of carbonyl (C=O) groups is 1. The van der Waals surface area contributed by atoms with Crippen molar-refractivity contribution in [3.8, 4) is 5.75 Å². The van der Waals surface area contributed by atoms with Gasteiger partial charge in [0.05, 0.1) is 18.2 Å². The van der Waals surface area contributed by atoms with E-state index in [-0.39, 0.29) is 11.6 Å². The Bertz CT molecular complexity index is 843. The first-order valence-electron chi connectivity index (χ1n) is 8.10. The second-order valence-corrected chi connectivity index (χ2v) is 6.11. The number of hydrazone groups is 1. The quantitative estimate of drug-likeness (QED) is 0.484. The Morgan fingerprint density at radius 1 is 1.27 bits per heavy atom. The zero-order valence-electron chi connectivity index (χ0n) is 15.1. The maximum absolute atomic E-state index is 12.1. The zero-order valence-corrected chi connectivity index (χ0v) is 15.1. The Kier molecular flexibility index (Phi) is 6.06. The molecule has 0 aromatic heterocycles. The highest BCUT2D eigenvalue weighted by atomic mass is 16.6. The van der Waals surface area contributed by atoms with Gasteiger partial charge in [0.25, 0.3) is 11.6 Å². The summed E-state index contributed by atoms with van der Waals surface area (Å²) in [6.07, 6.45) is 1.57. The van der Waals surface area contributed by atoms with E-state index in [1.54, 1.807) is 13.3 Å². The predicted octanol–water partition coefficient (Wildman–Crippen LogP) is 3.80. The minimum absolute atomic E-state index is 0.0693. The van der Waals surface area contributed by atoms with Crippen molar-refractivity contribution in [3.63, 3.8) is 0 Å². The normalized spacial score (nSPS) is 11.0. The number of nitrogens with one attached hydrogen (secondary N) is 1. The second kappa shape index (κ2) is 8.24. The topological polar surface area (TPSA) is 93.8 Å². The summed E-state index contributed by atoms with van der Waals surface area (Å²) in [7, 11) is 1.64. The number of nitro benzene ring substituents is 1. The fourth-order valence-electron chi connectivity index (χ4n) is 2.44. The van der Waals surface area contributed by atoms with E-state index in [4.69, 9.17) is 4.74 Å². The second-order valence-electron chi connectivity index (χ2n) is 6.11. The van der Waals surface area contributed by atoms with E-state index in [1.165, 1.54) is 24.3 Å². The molecule has 0 unspecified atom stereocenters. The molecule has 7 nitrogen and oxygen atoms in total. The molecule has 2 aromatic rings. The Hall–Kier alpha value is -3.22. The maximum atomic E-state index is 12.1. The summed E-state index contributed by atoms with van der Waals surface area (Å²) >= 11 is 0. The van der Waals surface area contributed by atoms with Crippen molar-refractivity contribution in [1.29, 1.82) is 0 Å². The van der Waals surface area contributed by atoms with Gasteiger partial charge in [-0.05, 0) is 53.8 Å². The summed E-state index contributed by atoms with van der Waals surface area (Å²) < 4.78 is 5.41. The zero-order chi connectivity index (χ0) is 19.3. The van der Waals surface area contributed by atoms with Crippen LogP contribution in [0.1, 0.15) is 46.8 Å². The number of hydrogen-bond acceptors (Lipinski definition) is 5. The number of aryl methyl sites for hydroxylation is 1. The van der Waals surface area contributed by atoms with Gasteiger partial charge >= 0.3 is 0 Å². The third-order valence-corrected chi connectivity index (χ3v) is 3.95. The minimum Gasteiger partial charge on any atom is -0.496 e. The van der Waals surface area contributed by atoms with Crippen LogP contribution in [0.25, 0.3) is 0 Å². The lowest BCUT2D eigenvalue weighted by molar-refractivity contribution is -0.384. The van der Waals surface area contributed by atoms with Crippen molar-refractivity contribution in [2.75, 3.05) is 7.11 Å². The van der Waals surface area contributed by atoms with Crippen LogP contribution in [-0.2, 0) is 0 Å². The number of amides is 1. The summed E-state index contributed by atoms with van der Waals surface area (Å²) in [5.74, 6) is 0.670. The van der Waals surface area contributed by atoms with Crippen molar-refractivity contribution in [2.24, 2.45) is 5.10 Å². The largest absolute Gasteiger partial charge is 0.496 e. The minimum atomic E-state index is -0.515. The molecule has 0 saturated carbocycles. The average Bonchev–Trinajstić information content (AvgIpc) is 2.62. The van der Waals surface area contributed by atoms with Crippen LogP contribution in [0.3, 0.4) is 0 Å². The van der Waals surface area contributed by atoms with Gasteiger partial charge in [-0.25, -0.2) is 5.43 Å². The number of non-ortho nitro benzene ring substituents is 1. The van der Waals surface area contributed by atoms with E-state index < -0.39 is 10.8 Å². The molecule has 0 fully saturated rings. The highest BCUT2D eigenvalue weighted by molar-refractivity contribution is 5.95. The van der Waals surface area contributed by atoms with E-state index in [0.717, 1.165) is 22.4 Å². The number of rotatable bonds is 6. The maximum Gasteiger partial charge on any atom is 0.271 e. The molecule has 1 amide bonds. The molecule has 0 aliphatic carbocycles. The molecule has 0 aliphatic heterocycles. The molecular weight excluding hydrogens is 334 g/mol. The molecule has 1 N–H and O–H groups in total. The highest BCUT2D eigenvalue weighted by Gasteiger charge is 2.11. The smallest absolute Gasteiger partial charge is 0.271 e. The van der Waals surface area contributed by atoms with Crippen molar-refractivity contribution in [3.05, 3.63) is 68.8 Å². The lowest BCUT2D eigenvalue weighted by atomic mass is 9.97. The van der Waals surface area contributed by atoms with Crippen LogP contribution < -0.4 is 10.2 Å². The SMILES string of the molecule is COc1cc(C)c(/C=N\NC(=O)c2ccc([N+](=O)[O-])cc2)cc1C(C)C. The molecule has 7 heteroatoms. The lowest BCUT2D eigenvalue weighted by Gasteiger charge is -2.14. The Morgan fingerprint density at radius 3 is 2.46 bits per heavy atom. The van der Waals surface area contributed by atoms with E-state index in [0.29, 0.717) is 5.56 Å². The van der Waals surface area contributed by atoms with Crippen LogP contribution in [0, 0.1) is 17.0 Å². The van der Waals surface area contributed by atoms with Gasteiger partial charge in [-0.3, -0.25) is 14.9 Å². The third-order valence-electron chi connectivity index (χ3n) is 3.95. The number of methoxy groups -OCH3 is 1. The number of nitrogens with zero attached hydrogens (tertiary/aromatic N) is 2. The van der Waals surface area contributed by atoms with Crippen molar-refractivity contribution < 1.29 is 14.5 Å². The van der Waals surface area contributed by atoms with Gasteiger partial charge in [0.2, 0.25) is 0 Å². The van der Waals surface area contributed by atoms with Crippen LogP contribution in [0.2, 0.25) is 0 Å². The van der Waals surface area contributed by atoms with Crippen LogP contribution in [0.5, 0.6) is 5.75 Å². The van der Waals surface area contributed by atoms with Gasteiger partial charge in [0, 0.05) is 17.7 Å². The van der Waals surface area contributed by atoms with Crippen molar-refractivity contribution in [1.82, 2.24) is 5.43 Å². The fraction of sp³-hybridized carbons (Fsp3) is 0.263. The molecule has 0 radical (unpaired) electrons. The predicted molar refractivity (Wildman–Crippen MR) is 100.0 cm³/mol. The van der Waals surface area contributed by atoms with E-state index in [2.05, 4.69) is 24.4 Å². The number of hydrogen-bond donors (Lipinski definition) is 1. The first kappa shape index (κ1) is 19.1. The van der Waals surface area contributed by atoms with E-state index >= 15 is 0 Å². The average molecular weight is 355 g/mol. The molecule has 0 atom stereocenters. The van der Waals surface area contributed by atoms with Crippen molar-refractivity contribution in [2.45, 2.75) is 26.7 Å². The highest BCUT2D eigenvalue weighted by Crippen LogP contribution is 2.29. The standard InChI is InChI=1S/C19H21N3O4/c1-12(2)17-10-15(13(3)9-18(17)26-4)11-20-21-19(23)14-5-7-16(8-6-14)22(24)25/h5-12H,1-4H3,(H,21,23)/b20-11-. The molecule has 136 valence electrons. The van der Waals surface area contributed by atoms with Gasteiger partial charge in [-0.2, -0.15) is 5.10 Å². The molecule has 2 aromatic carbocycles. The van der Waals surface area contributed by atoms with Crippen molar-refractivity contribution >= 4 is 17.8 Å². The summed E-state index contributed by atoms with van der Waals surface area (Å²) in [4.78, 5) is 22.2. The molecule has 2 rings (SSSR count). The lowest BCUT2D eigenvalue weighted by Crippen LogP contribution is -2.17. The fourth-order valence-corrected chi connectivity index (χ4v) is 2.44. The number of ether oxygens (including phenoxy) is 1. The number of nitro groups is 1. The van der Waals surface area contributed by atoms with Gasteiger partial charge in [-0.15, -0.1) is 0 Å². The van der Waals surface area contributed by atoms with Crippen LogP contribution in [-0.4, -0.2) is 24.2 Å². The molecule has 0 heterocycles. The molecule has 26 heavy (non-hydrogen) atoms. The van der Waals surface area contributed by atoms with Gasteiger partial charge in [0.15, 0.2) is 0 Å².